The van der Waals surface area contributed by atoms with E-state index in [2.05, 4.69) is 22.3 Å². The van der Waals surface area contributed by atoms with Gasteiger partial charge in [-0.1, -0.05) is 42.5 Å². The van der Waals surface area contributed by atoms with E-state index in [1.807, 2.05) is 18.2 Å². The van der Waals surface area contributed by atoms with Crippen LogP contribution < -0.4 is 5.32 Å². The number of morpholine rings is 1. The molecular formula is C21H23FN2O2. The fourth-order valence-electron chi connectivity index (χ4n) is 3.91. The van der Waals surface area contributed by atoms with Crippen molar-refractivity contribution in [3.63, 3.8) is 0 Å². The lowest BCUT2D eigenvalue weighted by molar-refractivity contribution is -0.121. The molecule has 0 bridgehead atoms. The highest BCUT2D eigenvalue weighted by Crippen LogP contribution is 2.30. The molecule has 5 heteroatoms. The lowest BCUT2D eigenvalue weighted by atomic mass is 10.1. The van der Waals surface area contributed by atoms with Crippen LogP contribution in [0.15, 0.2) is 54.6 Å². The second-order valence-corrected chi connectivity index (χ2v) is 7.14. The van der Waals surface area contributed by atoms with E-state index in [4.69, 9.17) is 4.74 Å². The Kier molecular flexibility index (Phi) is 5.00. The van der Waals surface area contributed by atoms with Crippen molar-refractivity contribution in [2.45, 2.75) is 31.0 Å². The van der Waals surface area contributed by atoms with Gasteiger partial charge in [-0.3, -0.25) is 9.69 Å². The van der Waals surface area contributed by atoms with E-state index in [9.17, 15) is 9.18 Å². The van der Waals surface area contributed by atoms with Crippen molar-refractivity contribution in [1.82, 2.24) is 10.2 Å². The monoisotopic (exact) mass is 354 g/mol. The molecule has 2 aromatic rings. The Labute approximate surface area is 153 Å². The average molecular weight is 354 g/mol. The molecule has 1 N–H and O–H groups in total. The smallest absolute Gasteiger partial charge is 0.224 e. The first-order valence-electron chi connectivity index (χ1n) is 9.12. The third-order valence-electron chi connectivity index (χ3n) is 5.23. The van der Waals surface area contributed by atoms with Crippen LogP contribution >= 0.6 is 0 Å². The van der Waals surface area contributed by atoms with Gasteiger partial charge in [0.2, 0.25) is 5.91 Å². The summed E-state index contributed by atoms with van der Waals surface area (Å²) in [6.45, 7) is 2.41. The van der Waals surface area contributed by atoms with Crippen LogP contribution in [0.4, 0.5) is 4.39 Å². The Bertz CT molecular complexity index is 750. The fraction of sp³-hybridized carbons (Fsp3) is 0.381. The summed E-state index contributed by atoms with van der Waals surface area (Å²) in [6.07, 6.45) is 1.29. The summed E-state index contributed by atoms with van der Waals surface area (Å²) in [5.41, 5.74) is 2.03. The van der Waals surface area contributed by atoms with Crippen molar-refractivity contribution in [3.8, 4) is 0 Å². The standard InChI is InChI=1S/C21H23FN2O2/c22-17-8-6-15(7-9-17)10-21(25)23-18-11-19-14-26-20(13-24(19)12-18)16-4-2-1-3-5-16/h1-9,18-20H,10-14H2,(H,23,25)/t18-,19-,20+/m0/s1. The van der Waals surface area contributed by atoms with E-state index in [1.165, 1.54) is 17.7 Å². The van der Waals surface area contributed by atoms with E-state index < -0.39 is 0 Å². The summed E-state index contributed by atoms with van der Waals surface area (Å²) in [6, 6.07) is 16.9. The minimum absolute atomic E-state index is 0.0121. The number of amides is 1. The normalized spacial score (nSPS) is 25.7. The van der Waals surface area contributed by atoms with E-state index in [0.29, 0.717) is 12.6 Å². The predicted molar refractivity (Wildman–Crippen MR) is 97.1 cm³/mol. The van der Waals surface area contributed by atoms with Gasteiger partial charge in [-0.15, -0.1) is 0 Å². The molecule has 2 fully saturated rings. The molecule has 136 valence electrons. The summed E-state index contributed by atoms with van der Waals surface area (Å²) >= 11 is 0. The maximum Gasteiger partial charge on any atom is 0.224 e. The van der Waals surface area contributed by atoms with Crippen LogP contribution in [0.3, 0.4) is 0 Å². The largest absolute Gasteiger partial charge is 0.371 e. The van der Waals surface area contributed by atoms with Crippen molar-refractivity contribution in [2.24, 2.45) is 0 Å². The van der Waals surface area contributed by atoms with E-state index in [0.717, 1.165) is 25.1 Å². The quantitative estimate of drug-likeness (QED) is 0.918. The molecular weight excluding hydrogens is 331 g/mol. The summed E-state index contributed by atoms with van der Waals surface area (Å²) in [7, 11) is 0. The first kappa shape index (κ1) is 17.2. The molecule has 26 heavy (non-hydrogen) atoms. The summed E-state index contributed by atoms with van der Waals surface area (Å²) in [4.78, 5) is 14.7. The Hall–Kier alpha value is -2.24. The number of hydrogen-bond acceptors (Lipinski definition) is 3. The van der Waals surface area contributed by atoms with Crippen LogP contribution in [0.5, 0.6) is 0 Å². The number of carbonyl (C=O) groups excluding carboxylic acids is 1. The number of ether oxygens (including phenoxy) is 1. The molecule has 0 radical (unpaired) electrons. The van der Waals surface area contributed by atoms with Gasteiger partial charge in [0, 0.05) is 25.2 Å². The number of halogens is 1. The second kappa shape index (κ2) is 7.56. The maximum absolute atomic E-state index is 13.0. The van der Waals surface area contributed by atoms with Crippen LogP contribution in [0.2, 0.25) is 0 Å². The maximum atomic E-state index is 13.0. The van der Waals surface area contributed by atoms with Gasteiger partial charge in [0.05, 0.1) is 19.1 Å². The van der Waals surface area contributed by atoms with Crippen molar-refractivity contribution in [1.29, 1.82) is 0 Å². The minimum atomic E-state index is -0.283. The van der Waals surface area contributed by atoms with Gasteiger partial charge in [-0.25, -0.2) is 4.39 Å². The zero-order valence-corrected chi connectivity index (χ0v) is 14.6. The first-order chi connectivity index (χ1) is 12.7. The van der Waals surface area contributed by atoms with Crippen molar-refractivity contribution in [3.05, 3.63) is 71.5 Å². The number of nitrogens with zero attached hydrogens (tertiary/aromatic N) is 1. The molecule has 0 aliphatic carbocycles. The highest BCUT2D eigenvalue weighted by Gasteiger charge is 2.38. The van der Waals surface area contributed by atoms with Gasteiger partial charge in [0.15, 0.2) is 0 Å². The number of nitrogens with one attached hydrogen (secondary N) is 1. The fourth-order valence-corrected chi connectivity index (χ4v) is 3.91. The molecule has 4 nitrogen and oxygen atoms in total. The van der Waals surface area contributed by atoms with Crippen LogP contribution in [0, 0.1) is 5.82 Å². The van der Waals surface area contributed by atoms with Gasteiger partial charge in [0.1, 0.15) is 5.82 Å². The molecule has 0 aromatic heterocycles. The van der Waals surface area contributed by atoms with Gasteiger partial charge in [-0.05, 0) is 29.7 Å². The van der Waals surface area contributed by atoms with E-state index >= 15 is 0 Å². The van der Waals surface area contributed by atoms with Crippen molar-refractivity contribution < 1.29 is 13.9 Å². The Morgan fingerprint density at radius 1 is 1.12 bits per heavy atom. The van der Waals surface area contributed by atoms with E-state index in [-0.39, 0.29) is 30.3 Å². The lowest BCUT2D eigenvalue weighted by Gasteiger charge is -2.35. The lowest BCUT2D eigenvalue weighted by Crippen LogP contribution is -2.43. The first-order valence-corrected chi connectivity index (χ1v) is 9.12. The van der Waals surface area contributed by atoms with Gasteiger partial charge in [0.25, 0.3) is 0 Å². The molecule has 4 rings (SSSR count). The third-order valence-corrected chi connectivity index (χ3v) is 5.23. The van der Waals surface area contributed by atoms with Gasteiger partial charge < -0.3 is 10.1 Å². The molecule has 2 aromatic carbocycles. The minimum Gasteiger partial charge on any atom is -0.371 e. The molecule has 2 saturated heterocycles. The van der Waals surface area contributed by atoms with Crippen molar-refractivity contribution in [2.75, 3.05) is 19.7 Å². The Balaban J connectivity index is 1.31. The van der Waals surface area contributed by atoms with Crippen molar-refractivity contribution >= 4 is 5.91 Å². The highest BCUT2D eigenvalue weighted by atomic mass is 19.1. The zero-order chi connectivity index (χ0) is 17.9. The number of fused-ring (bicyclic) bond motifs is 1. The second-order valence-electron chi connectivity index (χ2n) is 7.14. The summed E-state index contributed by atoms with van der Waals surface area (Å²) < 4.78 is 19.0. The molecule has 2 heterocycles. The molecule has 2 aliphatic heterocycles. The van der Waals surface area contributed by atoms with Crippen LogP contribution in [-0.4, -0.2) is 42.6 Å². The molecule has 2 aliphatic rings. The molecule has 0 unspecified atom stereocenters. The summed E-state index contributed by atoms with van der Waals surface area (Å²) in [5.74, 6) is -0.295. The number of benzene rings is 2. The van der Waals surface area contributed by atoms with Crippen LogP contribution in [0.25, 0.3) is 0 Å². The Morgan fingerprint density at radius 3 is 2.65 bits per heavy atom. The average Bonchev–Trinajstić information content (AvgIpc) is 3.05. The SMILES string of the molecule is O=C(Cc1ccc(F)cc1)N[C@H]1C[C@H]2CO[C@@H](c3ccccc3)CN2C1. The number of hydrogen-bond donors (Lipinski definition) is 1. The molecule has 3 atom stereocenters. The molecule has 0 saturated carbocycles. The topological polar surface area (TPSA) is 41.6 Å². The third kappa shape index (κ3) is 3.94. The van der Waals surface area contributed by atoms with Gasteiger partial charge in [-0.2, -0.15) is 0 Å². The summed E-state index contributed by atoms with van der Waals surface area (Å²) in [5, 5.41) is 3.12. The van der Waals surface area contributed by atoms with Gasteiger partial charge >= 0.3 is 0 Å². The Morgan fingerprint density at radius 2 is 1.88 bits per heavy atom. The zero-order valence-electron chi connectivity index (χ0n) is 14.6. The van der Waals surface area contributed by atoms with Crippen LogP contribution in [-0.2, 0) is 16.0 Å². The molecule has 0 spiro atoms. The number of rotatable bonds is 4. The van der Waals surface area contributed by atoms with E-state index in [1.54, 1.807) is 12.1 Å². The predicted octanol–water partition coefficient (Wildman–Crippen LogP) is 2.70. The van der Waals surface area contributed by atoms with Crippen LogP contribution in [0.1, 0.15) is 23.7 Å². The highest BCUT2D eigenvalue weighted by molar-refractivity contribution is 5.78. The molecule has 1 amide bonds. The number of carbonyl (C=O) groups is 1.